The van der Waals surface area contributed by atoms with Crippen LogP contribution in [0.3, 0.4) is 0 Å². The monoisotopic (exact) mass is 507 g/mol. The lowest BCUT2D eigenvalue weighted by molar-refractivity contribution is -0.496. The van der Waals surface area contributed by atoms with E-state index >= 15 is 0 Å². The molecule has 1 N–H and O–H groups in total. The van der Waals surface area contributed by atoms with Crippen LogP contribution in [0.25, 0.3) is 39.4 Å². The van der Waals surface area contributed by atoms with Gasteiger partial charge in [0.2, 0.25) is 0 Å². The van der Waals surface area contributed by atoms with E-state index in [1.54, 1.807) is 6.07 Å². The average Bonchev–Trinajstić information content (AvgIpc) is 3.48. The molecule has 6 aromatic rings. The van der Waals surface area contributed by atoms with Crippen molar-refractivity contribution in [1.82, 2.24) is 9.66 Å². The van der Waals surface area contributed by atoms with Gasteiger partial charge < -0.3 is 0 Å². The summed E-state index contributed by atoms with van der Waals surface area (Å²) in [5, 5.41) is 5.93. The molecule has 36 heavy (non-hydrogen) atoms. The van der Waals surface area contributed by atoms with Gasteiger partial charge in [-0.05, 0) is 34.9 Å². The number of nitrogens with zero attached hydrogens (tertiary/aromatic N) is 3. The summed E-state index contributed by atoms with van der Waals surface area (Å²) in [6.07, 6.45) is 5.91. The molecule has 0 amide bonds. The van der Waals surface area contributed by atoms with Gasteiger partial charge in [-0.2, -0.15) is 4.40 Å². The molecule has 2 aromatic heterocycles. The Hall–Kier alpha value is -4.12. The second-order valence-electron chi connectivity index (χ2n) is 8.44. The molecular weight excluding hydrogens is 487 g/mol. The number of aromatic nitrogens is 3. The summed E-state index contributed by atoms with van der Waals surface area (Å²) < 4.78 is 3.95. The molecule has 4 aromatic carbocycles. The van der Waals surface area contributed by atoms with Gasteiger partial charge in [-0.3, -0.25) is 0 Å². The van der Waals surface area contributed by atoms with Crippen LogP contribution in [-0.4, -0.2) is 15.9 Å². The number of fused-ring (bicyclic) bond motifs is 1. The molecule has 0 aliphatic heterocycles. The van der Waals surface area contributed by atoms with Crippen LogP contribution in [0.4, 0.5) is 0 Å². The van der Waals surface area contributed by atoms with Gasteiger partial charge in [0.15, 0.2) is 0 Å². The Morgan fingerprint density at radius 1 is 0.750 bits per heavy atom. The molecule has 2 heterocycles. The molecule has 0 aliphatic carbocycles. The van der Waals surface area contributed by atoms with E-state index in [4.69, 9.17) is 28.3 Å². The van der Waals surface area contributed by atoms with Gasteiger partial charge >= 0.3 is 5.78 Å². The second kappa shape index (κ2) is 9.50. The first-order valence-electron chi connectivity index (χ1n) is 11.5. The highest BCUT2D eigenvalue weighted by Crippen LogP contribution is 2.30. The van der Waals surface area contributed by atoms with E-state index in [-0.39, 0.29) is 0 Å². The van der Waals surface area contributed by atoms with E-state index < -0.39 is 0 Å². The molecular formula is C30H21Cl2N4+. The number of aromatic amines is 1. The SMILES string of the molecule is Clc1ccc(-c2c[n+]3c(-c4ccc(-c5ccccc5)cc4)cn(N=Cc4ccccc4)c3[nH]2)c(Cl)c1. The molecule has 0 radical (unpaired) electrons. The van der Waals surface area contributed by atoms with E-state index in [1.807, 2.05) is 71.8 Å². The van der Waals surface area contributed by atoms with Gasteiger partial charge in [0, 0.05) is 16.1 Å². The first-order chi connectivity index (χ1) is 17.7. The minimum Gasteiger partial charge on any atom is -0.239 e. The van der Waals surface area contributed by atoms with Crippen LogP contribution in [-0.2, 0) is 0 Å². The Morgan fingerprint density at radius 3 is 2.14 bits per heavy atom. The predicted molar refractivity (Wildman–Crippen MR) is 148 cm³/mol. The topological polar surface area (TPSA) is 37.2 Å². The third-order valence-corrected chi connectivity index (χ3v) is 6.64. The normalized spacial score (nSPS) is 11.5. The number of rotatable bonds is 5. The Kier molecular flexibility index (Phi) is 5.90. The van der Waals surface area contributed by atoms with Gasteiger partial charge in [-0.15, -0.1) is 9.78 Å². The summed E-state index contributed by atoms with van der Waals surface area (Å²) >= 11 is 12.6. The van der Waals surface area contributed by atoms with Crippen molar-refractivity contribution < 1.29 is 4.40 Å². The number of nitrogens with one attached hydrogen (secondary N) is 1. The van der Waals surface area contributed by atoms with Crippen LogP contribution in [0.15, 0.2) is 121 Å². The first kappa shape index (κ1) is 22.4. The van der Waals surface area contributed by atoms with Gasteiger partial charge in [-0.1, -0.05) is 108 Å². The van der Waals surface area contributed by atoms with Gasteiger partial charge in [0.05, 0.1) is 11.2 Å². The predicted octanol–water partition coefficient (Wildman–Crippen LogP) is 7.74. The van der Waals surface area contributed by atoms with Crippen molar-refractivity contribution in [3.8, 4) is 33.6 Å². The highest BCUT2D eigenvalue weighted by atomic mass is 35.5. The van der Waals surface area contributed by atoms with Crippen molar-refractivity contribution >= 4 is 35.2 Å². The maximum atomic E-state index is 6.52. The molecule has 0 saturated carbocycles. The molecule has 6 heteroatoms. The Labute approximate surface area is 218 Å². The fourth-order valence-electron chi connectivity index (χ4n) is 4.27. The van der Waals surface area contributed by atoms with Crippen molar-refractivity contribution in [3.63, 3.8) is 0 Å². The van der Waals surface area contributed by atoms with Crippen molar-refractivity contribution in [2.24, 2.45) is 5.10 Å². The standard InChI is InChI=1S/C30H20Cl2N4/c31-25-15-16-26(27(32)17-25)28-19-35-29(24-13-11-23(12-14-24)22-9-5-2-6-10-22)20-36(30(35)34-28)33-18-21-7-3-1-4-8-21/h1-20H/p+1. The van der Waals surface area contributed by atoms with Crippen molar-refractivity contribution in [2.75, 3.05) is 0 Å². The zero-order valence-corrected chi connectivity index (χ0v) is 20.7. The largest absolute Gasteiger partial charge is 0.391 e. The number of benzene rings is 4. The smallest absolute Gasteiger partial charge is 0.239 e. The summed E-state index contributed by atoms with van der Waals surface area (Å²) in [6.45, 7) is 0. The van der Waals surface area contributed by atoms with Crippen molar-refractivity contribution in [3.05, 3.63) is 131 Å². The molecule has 0 atom stereocenters. The van der Waals surface area contributed by atoms with Crippen LogP contribution >= 0.6 is 23.2 Å². The quantitative estimate of drug-likeness (QED) is 0.183. The molecule has 0 aliphatic rings. The Balaban J connectivity index is 1.47. The number of hydrogen-bond donors (Lipinski definition) is 1. The van der Waals surface area contributed by atoms with Gasteiger partial charge in [0.25, 0.3) is 0 Å². The van der Waals surface area contributed by atoms with Crippen LogP contribution in [0.5, 0.6) is 0 Å². The molecule has 0 fully saturated rings. The molecule has 6 rings (SSSR count). The molecule has 174 valence electrons. The number of halogens is 2. The van der Waals surface area contributed by atoms with E-state index in [9.17, 15) is 0 Å². The second-order valence-corrected chi connectivity index (χ2v) is 9.29. The summed E-state index contributed by atoms with van der Waals surface area (Å²) in [7, 11) is 0. The zero-order valence-electron chi connectivity index (χ0n) is 19.1. The number of imidazole rings is 2. The third-order valence-electron chi connectivity index (χ3n) is 6.09. The number of H-pyrrole nitrogens is 1. The summed E-state index contributed by atoms with van der Waals surface area (Å²) in [5.41, 5.74) is 7.20. The van der Waals surface area contributed by atoms with Gasteiger partial charge in [-0.25, -0.2) is 4.98 Å². The van der Waals surface area contributed by atoms with E-state index in [0.717, 1.165) is 33.9 Å². The number of hydrogen-bond acceptors (Lipinski definition) is 1. The minimum absolute atomic E-state index is 0.583. The first-order valence-corrected chi connectivity index (χ1v) is 12.3. The summed E-state index contributed by atoms with van der Waals surface area (Å²) in [4.78, 5) is 3.49. The van der Waals surface area contributed by atoms with Crippen LogP contribution in [0.1, 0.15) is 5.56 Å². The molecule has 0 saturated heterocycles. The third kappa shape index (κ3) is 4.33. The van der Waals surface area contributed by atoms with Crippen LogP contribution < -0.4 is 4.40 Å². The lowest BCUT2D eigenvalue weighted by Gasteiger charge is -2.02. The van der Waals surface area contributed by atoms with E-state index in [1.165, 1.54) is 11.1 Å². The molecule has 0 bridgehead atoms. The fourth-order valence-corrected chi connectivity index (χ4v) is 4.78. The zero-order chi connectivity index (χ0) is 24.5. The van der Waals surface area contributed by atoms with Crippen molar-refractivity contribution in [2.45, 2.75) is 0 Å². The van der Waals surface area contributed by atoms with Gasteiger partial charge in [0.1, 0.15) is 23.8 Å². The highest BCUT2D eigenvalue weighted by molar-refractivity contribution is 6.36. The van der Waals surface area contributed by atoms with E-state index in [0.29, 0.717) is 10.0 Å². The maximum Gasteiger partial charge on any atom is 0.391 e. The Morgan fingerprint density at radius 2 is 1.42 bits per heavy atom. The maximum absolute atomic E-state index is 6.52. The summed E-state index contributed by atoms with van der Waals surface area (Å²) in [6, 6.07) is 34.5. The average molecular weight is 508 g/mol. The molecule has 0 spiro atoms. The minimum atomic E-state index is 0.583. The molecule has 0 unspecified atom stereocenters. The van der Waals surface area contributed by atoms with Crippen molar-refractivity contribution in [1.29, 1.82) is 0 Å². The molecule has 4 nitrogen and oxygen atoms in total. The Bertz CT molecular complexity index is 1680. The lowest BCUT2D eigenvalue weighted by atomic mass is 10.0. The highest BCUT2D eigenvalue weighted by Gasteiger charge is 2.22. The van der Waals surface area contributed by atoms with Crippen LogP contribution in [0.2, 0.25) is 10.0 Å². The lowest BCUT2D eigenvalue weighted by Crippen LogP contribution is -2.18. The summed E-state index contributed by atoms with van der Waals surface area (Å²) in [5.74, 6) is 0.810. The van der Waals surface area contributed by atoms with Crippen LogP contribution in [0, 0.1) is 0 Å². The van der Waals surface area contributed by atoms with E-state index in [2.05, 4.69) is 57.9 Å². The fraction of sp³-hybridized carbons (Fsp3) is 0.